The molecular formula is C55H41N. The molecule has 1 heteroatoms. The molecule has 0 bridgehead atoms. The van der Waals surface area contributed by atoms with E-state index in [-0.39, 0.29) is 0 Å². The summed E-state index contributed by atoms with van der Waals surface area (Å²) in [6.45, 7) is 6.50. The number of hydrogen-bond acceptors (Lipinski definition) is 1. The summed E-state index contributed by atoms with van der Waals surface area (Å²) in [5.74, 6) is 0. The molecule has 0 radical (unpaired) electrons. The highest BCUT2D eigenvalue weighted by atomic mass is 15.1. The van der Waals surface area contributed by atoms with Gasteiger partial charge in [0, 0.05) is 17.1 Å². The minimum Gasteiger partial charge on any atom is -0.310 e. The molecular weight excluding hydrogens is 675 g/mol. The number of rotatable bonds is 6. The van der Waals surface area contributed by atoms with Crippen molar-refractivity contribution in [2.75, 3.05) is 4.90 Å². The summed E-state index contributed by atoms with van der Waals surface area (Å²) < 4.78 is 0. The Morgan fingerprint density at radius 3 is 1.50 bits per heavy atom. The van der Waals surface area contributed by atoms with E-state index in [1.165, 1.54) is 93.2 Å². The van der Waals surface area contributed by atoms with Crippen LogP contribution in [0.2, 0.25) is 0 Å². The van der Waals surface area contributed by atoms with Gasteiger partial charge in [-0.3, -0.25) is 0 Å². The van der Waals surface area contributed by atoms with E-state index in [2.05, 4.69) is 220 Å². The van der Waals surface area contributed by atoms with Gasteiger partial charge in [-0.1, -0.05) is 168 Å². The van der Waals surface area contributed by atoms with Crippen LogP contribution in [0.15, 0.2) is 194 Å². The number of hydrogen-bond donors (Lipinski definition) is 0. The molecule has 0 aliphatic rings. The fraction of sp³-hybridized carbons (Fsp3) is 0.0545. The van der Waals surface area contributed by atoms with Gasteiger partial charge in [-0.05, 0) is 140 Å². The second kappa shape index (κ2) is 13.7. The van der Waals surface area contributed by atoms with Crippen LogP contribution in [0.3, 0.4) is 0 Å². The molecule has 56 heavy (non-hydrogen) atoms. The summed E-state index contributed by atoms with van der Waals surface area (Å²) in [6, 6.07) is 71.9. The monoisotopic (exact) mass is 715 g/mol. The van der Waals surface area contributed by atoms with Crippen molar-refractivity contribution < 1.29 is 0 Å². The molecule has 10 aromatic carbocycles. The van der Waals surface area contributed by atoms with Crippen LogP contribution < -0.4 is 4.90 Å². The number of aryl methyl sites for hydroxylation is 3. The first-order valence-corrected chi connectivity index (χ1v) is 19.5. The molecule has 0 spiro atoms. The molecule has 0 aliphatic carbocycles. The first-order chi connectivity index (χ1) is 27.5. The summed E-state index contributed by atoms with van der Waals surface area (Å²) in [4.78, 5) is 2.40. The second-order valence-corrected chi connectivity index (χ2v) is 15.2. The Labute approximate surface area is 328 Å². The topological polar surface area (TPSA) is 3.24 Å². The summed E-state index contributed by atoms with van der Waals surface area (Å²) >= 11 is 0. The predicted octanol–water partition coefficient (Wildman–Crippen LogP) is 15.7. The van der Waals surface area contributed by atoms with Gasteiger partial charge < -0.3 is 4.90 Å². The van der Waals surface area contributed by atoms with Crippen LogP contribution in [-0.2, 0) is 0 Å². The van der Waals surface area contributed by atoms with Crippen LogP contribution in [0, 0.1) is 20.8 Å². The van der Waals surface area contributed by atoms with Crippen LogP contribution >= 0.6 is 0 Å². The minimum absolute atomic E-state index is 1.12. The number of fused-ring (bicyclic) bond motifs is 7. The van der Waals surface area contributed by atoms with E-state index in [1.807, 2.05) is 0 Å². The molecule has 0 amide bonds. The summed E-state index contributed by atoms with van der Waals surface area (Å²) in [6.07, 6.45) is 0. The fourth-order valence-corrected chi connectivity index (χ4v) is 8.56. The Bertz CT molecular complexity index is 3070. The number of para-hydroxylation sites is 1. The van der Waals surface area contributed by atoms with Crippen LogP contribution in [-0.4, -0.2) is 0 Å². The van der Waals surface area contributed by atoms with Gasteiger partial charge in [-0.15, -0.1) is 0 Å². The maximum absolute atomic E-state index is 2.45. The maximum Gasteiger partial charge on any atom is 0.0468 e. The summed E-state index contributed by atoms with van der Waals surface area (Å²) in [5.41, 5.74) is 14.5. The van der Waals surface area contributed by atoms with E-state index < -0.39 is 0 Å². The predicted molar refractivity (Wildman–Crippen MR) is 242 cm³/mol. The van der Waals surface area contributed by atoms with Gasteiger partial charge in [0.05, 0.1) is 0 Å². The van der Waals surface area contributed by atoms with Crippen molar-refractivity contribution in [3.05, 3.63) is 211 Å². The molecule has 0 unspecified atom stereocenters. The van der Waals surface area contributed by atoms with Gasteiger partial charge >= 0.3 is 0 Å². The summed E-state index contributed by atoms with van der Waals surface area (Å²) in [5, 5.41) is 9.99. The SMILES string of the molecule is Cc1ccc(-c2cc(-c3ccc(C)cc3)c3c4ccccc4c4cc(N(c5ccccc5)c5ccc6ccccc6c5)ccc4c3c2-c2ccc(C)cc2)cc1. The lowest BCUT2D eigenvalue weighted by molar-refractivity contribution is 1.29. The summed E-state index contributed by atoms with van der Waals surface area (Å²) in [7, 11) is 0. The number of benzene rings is 10. The Kier molecular flexibility index (Phi) is 8.23. The number of anilines is 3. The van der Waals surface area contributed by atoms with Crippen LogP contribution in [0.4, 0.5) is 17.1 Å². The third-order valence-electron chi connectivity index (χ3n) is 11.4. The van der Waals surface area contributed by atoms with E-state index >= 15 is 0 Å². The fourth-order valence-electron chi connectivity index (χ4n) is 8.56. The lowest BCUT2D eigenvalue weighted by atomic mass is 9.81. The lowest BCUT2D eigenvalue weighted by Gasteiger charge is -2.27. The van der Waals surface area contributed by atoms with Gasteiger partial charge in [0.2, 0.25) is 0 Å². The molecule has 0 saturated heterocycles. The van der Waals surface area contributed by atoms with Crippen molar-refractivity contribution in [3.8, 4) is 33.4 Å². The van der Waals surface area contributed by atoms with Crippen molar-refractivity contribution in [3.63, 3.8) is 0 Å². The highest BCUT2D eigenvalue weighted by Crippen LogP contribution is 2.50. The zero-order valence-electron chi connectivity index (χ0n) is 31.9. The van der Waals surface area contributed by atoms with Gasteiger partial charge in [0.1, 0.15) is 0 Å². The van der Waals surface area contributed by atoms with Crippen molar-refractivity contribution in [1.29, 1.82) is 0 Å². The lowest BCUT2D eigenvalue weighted by Crippen LogP contribution is -2.09. The van der Waals surface area contributed by atoms with Crippen molar-refractivity contribution >= 4 is 60.2 Å². The molecule has 10 aromatic rings. The molecule has 266 valence electrons. The van der Waals surface area contributed by atoms with E-state index in [9.17, 15) is 0 Å². The molecule has 0 aromatic heterocycles. The highest BCUT2D eigenvalue weighted by molar-refractivity contribution is 6.33. The molecule has 0 atom stereocenters. The smallest absolute Gasteiger partial charge is 0.0468 e. The first-order valence-electron chi connectivity index (χ1n) is 19.5. The van der Waals surface area contributed by atoms with Crippen LogP contribution in [0.1, 0.15) is 16.7 Å². The van der Waals surface area contributed by atoms with Crippen molar-refractivity contribution in [1.82, 2.24) is 0 Å². The molecule has 0 saturated carbocycles. The molecule has 0 aliphatic heterocycles. The Balaban J connectivity index is 1.35. The Morgan fingerprint density at radius 2 is 0.821 bits per heavy atom. The van der Waals surface area contributed by atoms with Gasteiger partial charge in [-0.2, -0.15) is 0 Å². The molecule has 1 nitrogen and oxygen atoms in total. The third-order valence-corrected chi connectivity index (χ3v) is 11.4. The average molecular weight is 716 g/mol. The van der Waals surface area contributed by atoms with Gasteiger partial charge in [0.15, 0.2) is 0 Å². The van der Waals surface area contributed by atoms with E-state index in [1.54, 1.807) is 0 Å². The zero-order chi connectivity index (χ0) is 37.8. The highest BCUT2D eigenvalue weighted by Gasteiger charge is 2.23. The quantitative estimate of drug-likeness (QED) is 0.155. The second-order valence-electron chi connectivity index (χ2n) is 15.2. The average Bonchev–Trinajstić information content (AvgIpc) is 3.24. The molecule has 0 heterocycles. The third kappa shape index (κ3) is 5.81. The largest absolute Gasteiger partial charge is 0.310 e. The van der Waals surface area contributed by atoms with E-state index in [0.29, 0.717) is 0 Å². The van der Waals surface area contributed by atoms with Crippen molar-refractivity contribution in [2.24, 2.45) is 0 Å². The van der Waals surface area contributed by atoms with Crippen LogP contribution in [0.25, 0.3) is 76.5 Å². The molecule has 10 rings (SSSR count). The van der Waals surface area contributed by atoms with E-state index in [4.69, 9.17) is 0 Å². The van der Waals surface area contributed by atoms with Gasteiger partial charge in [-0.25, -0.2) is 0 Å². The normalized spacial score (nSPS) is 11.5. The molecule has 0 fully saturated rings. The van der Waals surface area contributed by atoms with Crippen LogP contribution in [0.5, 0.6) is 0 Å². The Morgan fingerprint density at radius 1 is 0.304 bits per heavy atom. The van der Waals surface area contributed by atoms with Crippen molar-refractivity contribution in [2.45, 2.75) is 20.8 Å². The van der Waals surface area contributed by atoms with Gasteiger partial charge in [0.25, 0.3) is 0 Å². The first kappa shape index (κ1) is 33.6. The molecule has 0 N–H and O–H groups in total. The number of nitrogens with zero attached hydrogens (tertiary/aromatic N) is 1. The Hall–Kier alpha value is -6.96. The standard InChI is InChI=1S/C55H41N/c1-36-17-23-40(24-18-36)50-35-51(41-25-19-37(2)20-26-41)54-48-16-10-9-15-47(48)52-34-46(31-32-49(52)55(54)53(50)42-27-21-38(3)22-28-42)56(44-13-5-4-6-14-44)45-30-29-39-11-7-8-12-43(39)33-45/h4-35H,1-3H3. The minimum atomic E-state index is 1.12. The maximum atomic E-state index is 2.45. The van der Waals surface area contributed by atoms with E-state index in [0.717, 1.165) is 17.1 Å². The zero-order valence-corrected chi connectivity index (χ0v) is 31.9.